The third-order valence-electron chi connectivity index (χ3n) is 2.08. The van der Waals surface area contributed by atoms with Crippen LogP contribution < -0.4 is 5.73 Å². The largest absolute Gasteiger partial charge is 0.387 e. The Hall–Kier alpha value is -1.00. The molecule has 0 atom stereocenters. The Morgan fingerprint density at radius 1 is 1.44 bits per heavy atom. The number of ether oxygens (including phenoxy) is 1. The van der Waals surface area contributed by atoms with Crippen molar-refractivity contribution in [2.24, 2.45) is 10.7 Å². The van der Waals surface area contributed by atoms with Crippen LogP contribution in [0.25, 0.3) is 0 Å². The Kier molecular flexibility index (Phi) is 5.96. The van der Waals surface area contributed by atoms with Crippen LogP contribution in [-0.4, -0.2) is 31.8 Å². The van der Waals surface area contributed by atoms with Gasteiger partial charge in [0.2, 0.25) is 0 Å². The molecule has 0 fully saturated rings. The summed E-state index contributed by atoms with van der Waals surface area (Å²) in [6.45, 7) is 3.35. The van der Waals surface area contributed by atoms with Gasteiger partial charge in [-0.1, -0.05) is 18.2 Å². The number of methoxy groups -OCH3 is 1. The van der Waals surface area contributed by atoms with E-state index in [1.54, 1.807) is 18.9 Å². The van der Waals surface area contributed by atoms with Crippen LogP contribution in [-0.2, 0) is 4.74 Å². The molecule has 0 heterocycles. The lowest BCUT2D eigenvalue weighted by Crippen LogP contribution is -2.16. The van der Waals surface area contributed by atoms with Crippen molar-refractivity contribution >= 4 is 17.6 Å². The maximum Gasteiger partial charge on any atom is 0.104 e. The number of aryl methyl sites for hydroxylation is 1. The number of aliphatic imine (C=N–C) groups is 1. The van der Waals surface area contributed by atoms with Crippen LogP contribution >= 0.6 is 11.8 Å². The number of hydrogen-bond donors (Lipinski definition) is 1. The first-order valence-electron chi connectivity index (χ1n) is 5.20. The second-order valence-electron chi connectivity index (χ2n) is 3.42. The molecular weight excluding hydrogens is 220 g/mol. The van der Waals surface area contributed by atoms with Crippen molar-refractivity contribution in [3.05, 3.63) is 29.8 Å². The molecule has 0 aromatic heterocycles. The van der Waals surface area contributed by atoms with E-state index in [9.17, 15) is 0 Å². The number of thioether (sulfide) groups is 1. The van der Waals surface area contributed by atoms with Gasteiger partial charge in [0.25, 0.3) is 0 Å². The Bertz CT molecular complexity index is 353. The normalized spacial score (nSPS) is 11.8. The van der Waals surface area contributed by atoms with Gasteiger partial charge in [0, 0.05) is 12.0 Å². The highest BCUT2D eigenvalue weighted by Gasteiger charge is 1.99. The van der Waals surface area contributed by atoms with Crippen molar-refractivity contribution in [2.45, 2.75) is 11.8 Å². The van der Waals surface area contributed by atoms with E-state index in [0.29, 0.717) is 19.0 Å². The fraction of sp³-hybridized carbons (Fsp3) is 0.417. The van der Waals surface area contributed by atoms with E-state index in [1.807, 2.05) is 12.1 Å². The molecule has 0 aliphatic carbocycles. The van der Waals surface area contributed by atoms with E-state index >= 15 is 0 Å². The summed E-state index contributed by atoms with van der Waals surface area (Å²) in [5.41, 5.74) is 7.06. The molecule has 0 unspecified atom stereocenters. The first kappa shape index (κ1) is 13.1. The molecule has 1 aromatic rings. The first-order chi connectivity index (χ1) is 7.74. The molecule has 88 valence electrons. The topological polar surface area (TPSA) is 47.6 Å². The summed E-state index contributed by atoms with van der Waals surface area (Å²) in [7, 11) is 1.66. The second-order valence-corrected chi connectivity index (χ2v) is 4.44. The molecule has 0 saturated heterocycles. The maximum absolute atomic E-state index is 5.79. The lowest BCUT2D eigenvalue weighted by atomic mass is 10.2. The zero-order chi connectivity index (χ0) is 11.8. The maximum atomic E-state index is 5.79. The zero-order valence-electron chi connectivity index (χ0n) is 9.77. The van der Waals surface area contributed by atoms with E-state index in [0.717, 1.165) is 5.75 Å². The molecule has 0 saturated carbocycles. The lowest BCUT2D eigenvalue weighted by Gasteiger charge is -2.04. The van der Waals surface area contributed by atoms with Gasteiger partial charge in [-0.05, 0) is 18.6 Å². The summed E-state index contributed by atoms with van der Waals surface area (Å²) in [5.74, 6) is 1.40. The monoisotopic (exact) mass is 238 g/mol. The molecule has 0 amide bonds. The van der Waals surface area contributed by atoms with Crippen LogP contribution in [0.1, 0.15) is 5.56 Å². The molecule has 0 bridgehead atoms. The minimum Gasteiger partial charge on any atom is -0.387 e. The summed E-state index contributed by atoms with van der Waals surface area (Å²) in [6, 6.07) is 8.27. The van der Waals surface area contributed by atoms with Crippen molar-refractivity contribution in [1.29, 1.82) is 0 Å². The van der Waals surface area contributed by atoms with Crippen molar-refractivity contribution < 1.29 is 4.74 Å². The minimum atomic E-state index is 0.621. The highest BCUT2D eigenvalue weighted by molar-refractivity contribution is 8.00. The highest BCUT2D eigenvalue weighted by atomic mass is 32.2. The van der Waals surface area contributed by atoms with E-state index < -0.39 is 0 Å². The Balaban J connectivity index is 2.40. The molecule has 1 aromatic carbocycles. The average molecular weight is 238 g/mol. The number of nitrogens with two attached hydrogens (primary N) is 1. The van der Waals surface area contributed by atoms with E-state index in [1.165, 1.54) is 10.5 Å². The lowest BCUT2D eigenvalue weighted by molar-refractivity contribution is 0.208. The summed E-state index contributed by atoms with van der Waals surface area (Å²) in [5, 5.41) is 0. The van der Waals surface area contributed by atoms with Crippen LogP contribution in [0.3, 0.4) is 0 Å². The molecule has 4 heteroatoms. The number of benzene rings is 1. The van der Waals surface area contributed by atoms with E-state index in [2.05, 4.69) is 24.0 Å². The van der Waals surface area contributed by atoms with Gasteiger partial charge in [0.15, 0.2) is 0 Å². The van der Waals surface area contributed by atoms with Crippen LogP contribution in [0.2, 0.25) is 0 Å². The first-order valence-corrected chi connectivity index (χ1v) is 6.18. The van der Waals surface area contributed by atoms with Gasteiger partial charge in [-0.3, -0.25) is 4.99 Å². The minimum absolute atomic E-state index is 0.621. The molecule has 2 N–H and O–H groups in total. The molecule has 3 nitrogen and oxygen atoms in total. The smallest absolute Gasteiger partial charge is 0.104 e. The van der Waals surface area contributed by atoms with Gasteiger partial charge in [-0.2, -0.15) is 0 Å². The van der Waals surface area contributed by atoms with Gasteiger partial charge >= 0.3 is 0 Å². The molecule has 0 radical (unpaired) electrons. The van der Waals surface area contributed by atoms with Crippen molar-refractivity contribution in [2.75, 3.05) is 26.0 Å². The fourth-order valence-electron chi connectivity index (χ4n) is 1.20. The summed E-state index contributed by atoms with van der Waals surface area (Å²) >= 11 is 1.72. The Morgan fingerprint density at radius 3 is 2.88 bits per heavy atom. The third-order valence-corrected chi connectivity index (χ3v) is 3.29. The van der Waals surface area contributed by atoms with Gasteiger partial charge in [-0.15, -0.1) is 11.8 Å². The van der Waals surface area contributed by atoms with Gasteiger partial charge in [-0.25, -0.2) is 0 Å². The number of rotatable bonds is 6. The highest BCUT2D eigenvalue weighted by Crippen LogP contribution is 2.21. The molecule has 1 rings (SSSR count). The van der Waals surface area contributed by atoms with Crippen molar-refractivity contribution in [3.8, 4) is 0 Å². The van der Waals surface area contributed by atoms with Gasteiger partial charge in [0.1, 0.15) is 5.84 Å². The molecular formula is C12H18N2OS. The number of nitrogens with zero attached hydrogens (tertiary/aromatic N) is 1. The van der Waals surface area contributed by atoms with Crippen molar-refractivity contribution in [1.82, 2.24) is 0 Å². The summed E-state index contributed by atoms with van der Waals surface area (Å²) in [4.78, 5) is 5.46. The number of hydrogen-bond acceptors (Lipinski definition) is 3. The zero-order valence-corrected chi connectivity index (χ0v) is 10.6. The Labute approximate surface area is 101 Å². The second kappa shape index (κ2) is 7.30. The fourth-order valence-corrected chi connectivity index (χ4v) is 2.06. The average Bonchev–Trinajstić information content (AvgIpc) is 2.28. The van der Waals surface area contributed by atoms with E-state index in [-0.39, 0.29) is 0 Å². The summed E-state index contributed by atoms with van der Waals surface area (Å²) in [6.07, 6.45) is 0. The quantitative estimate of drug-likeness (QED) is 0.357. The molecule has 0 aliphatic heterocycles. The third kappa shape index (κ3) is 4.68. The van der Waals surface area contributed by atoms with Crippen LogP contribution in [0.15, 0.2) is 34.2 Å². The van der Waals surface area contributed by atoms with Gasteiger partial charge < -0.3 is 10.5 Å². The SMILES string of the molecule is COCCN=C(N)CSc1ccccc1C. The Morgan fingerprint density at radius 2 is 2.19 bits per heavy atom. The molecule has 16 heavy (non-hydrogen) atoms. The summed E-state index contributed by atoms with van der Waals surface area (Å²) < 4.78 is 4.90. The van der Waals surface area contributed by atoms with E-state index in [4.69, 9.17) is 10.5 Å². The standard InChI is InChI=1S/C12H18N2OS/c1-10-5-3-4-6-11(10)16-9-12(13)14-7-8-15-2/h3-6H,7-9H2,1-2H3,(H2,13,14). The van der Waals surface area contributed by atoms with Crippen LogP contribution in [0, 0.1) is 6.92 Å². The molecule has 0 aliphatic rings. The predicted octanol–water partition coefficient (Wildman–Crippen LogP) is 2.09. The number of amidine groups is 1. The van der Waals surface area contributed by atoms with Crippen LogP contribution in [0.4, 0.5) is 0 Å². The van der Waals surface area contributed by atoms with Gasteiger partial charge in [0.05, 0.1) is 18.9 Å². The van der Waals surface area contributed by atoms with Crippen LogP contribution in [0.5, 0.6) is 0 Å². The van der Waals surface area contributed by atoms with Crippen molar-refractivity contribution in [3.63, 3.8) is 0 Å². The predicted molar refractivity (Wildman–Crippen MR) is 70.3 cm³/mol. The molecule has 0 spiro atoms.